The van der Waals surface area contributed by atoms with Crippen LogP contribution in [0.25, 0.3) is 0 Å². The molecule has 0 aliphatic carbocycles. The number of halogens is 1. The second kappa shape index (κ2) is 4.34. The van der Waals surface area contributed by atoms with Gasteiger partial charge in [-0.15, -0.1) is 0 Å². The van der Waals surface area contributed by atoms with Crippen molar-refractivity contribution in [2.24, 2.45) is 0 Å². The second-order valence-corrected chi connectivity index (χ2v) is 7.33. The summed E-state index contributed by atoms with van der Waals surface area (Å²) in [7, 11) is -7.76. The van der Waals surface area contributed by atoms with Gasteiger partial charge in [0.2, 0.25) is 16.0 Å². The van der Waals surface area contributed by atoms with Crippen molar-refractivity contribution in [1.29, 1.82) is 0 Å². The fourth-order valence-electron chi connectivity index (χ4n) is 0.936. The molecule has 1 heterocycles. The first-order valence-electron chi connectivity index (χ1n) is 3.99. The van der Waals surface area contributed by atoms with Gasteiger partial charge in [0, 0.05) is 6.26 Å². The van der Waals surface area contributed by atoms with Gasteiger partial charge < -0.3 is 0 Å². The highest BCUT2D eigenvalue weighted by Crippen LogP contribution is 2.07. The third-order valence-corrected chi connectivity index (χ3v) is 4.82. The van der Waals surface area contributed by atoms with Crippen LogP contribution in [0, 0.1) is 5.95 Å². The lowest BCUT2D eigenvalue weighted by molar-refractivity contribution is 0.584. The van der Waals surface area contributed by atoms with E-state index in [1.165, 1.54) is 12.1 Å². The molecular formula is C7H9FN2O4S2. The summed E-state index contributed by atoms with van der Waals surface area (Å²) in [6.45, 7) is 0. The van der Waals surface area contributed by atoms with Crippen molar-refractivity contribution >= 4 is 25.7 Å². The van der Waals surface area contributed by atoms with Crippen LogP contribution < -0.4 is 4.72 Å². The largest absolute Gasteiger partial charge is 0.266 e. The smallest absolute Gasteiger partial charge is 0.248 e. The Bertz CT molecular complexity index is 582. The van der Waals surface area contributed by atoms with E-state index < -0.39 is 30.9 Å². The molecule has 0 spiro atoms. The topological polar surface area (TPSA) is 93.2 Å². The first-order chi connectivity index (χ1) is 7.18. The first-order valence-corrected chi connectivity index (χ1v) is 7.70. The first kappa shape index (κ1) is 12.8. The number of hydrogen-bond donors (Lipinski definition) is 1. The summed E-state index contributed by atoms with van der Waals surface area (Å²) in [5.74, 6) is -1.12. The summed E-state index contributed by atoms with van der Waals surface area (Å²) >= 11 is 0. The molecule has 1 N–H and O–H groups in total. The van der Waals surface area contributed by atoms with E-state index in [0.29, 0.717) is 0 Å². The zero-order valence-corrected chi connectivity index (χ0v) is 9.85. The van der Waals surface area contributed by atoms with Crippen LogP contribution in [0.2, 0.25) is 0 Å². The van der Waals surface area contributed by atoms with Crippen LogP contribution in [0.4, 0.5) is 10.2 Å². The van der Waals surface area contributed by atoms with E-state index in [0.717, 1.165) is 12.3 Å². The number of anilines is 1. The monoisotopic (exact) mass is 268 g/mol. The summed E-state index contributed by atoms with van der Waals surface area (Å²) in [6, 6.07) is 3.50. The Morgan fingerprint density at radius 1 is 1.31 bits per heavy atom. The molecule has 9 heteroatoms. The van der Waals surface area contributed by atoms with E-state index in [-0.39, 0.29) is 5.82 Å². The van der Waals surface area contributed by atoms with Crippen LogP contribution in [0.1, 0.15) is 0 Å². The molecule has 16 heavy (non-hydrogen) atoms. The lowest BCUT2D eigenvalue weighted by Gasteiger charge is -2.05. The molecule has 0 bridgehead atoms. The zero-order chi connectivity index (χ0) is 12.4. The molecule has 0 amide bonds. The third kappa shape index (κ3) is 4.53. The predicted octanol–water partition coefficient (Wildman–Crippen LogP) is -0.0355. The minimum atomic E-state index is -4.08. The number of pyridine rings is 1. The van der Waals surface area contributed by atoms with Gasteiger partial charge in [0.15, 0.2) is 14.9 Å². The molecule has 6 nitrogen and oxygen atoms in total. The van der Waals surface area contributed by atoms with Gasteiger partial charge in [-0.3, -0.25) is 4.72 Å². The van der Waals surface area contributed by atoms with Gasteiger partial charge in [-0.25, -0.2) is 21.8 Å². The van der Waals surface area contributed by atoms with Crippen LogP contribution in [-0.2, 0) is 19.9 Å². The van der Waals surface area contributed by atoms with Gasteiger partial charge in [0.25, 0.3) is 0 Å². The molecule has 90 valence electrons. The van der Waals surface area contributed by atoms with Crippen molar-refractivity contribution in [2.45, 2.75) is 0 Å². The van der Waals surface area contributed by atoms with Gasteiger partial charge in [-0.1, -0.05) is 6.07 Å². The molecular weight excluding hydrogens is 259 g/mol. The molecule has 0 aliphatic heterocycles. The van der Waals surface area contributed by atoms with Gasteiger partial charge in [0.1, 0.15) is 5.82 Å². The summed E-state index contributed by atoms with van der Waals surface area (Å²) < 4.78 is 58.6. The minimum Gasteiger partial charge on any atom is -0.266 e. The fraction of sp³-hybridized carbons (Fsp3) is 0.286. The molecule has 1 aromatic rings. The Labute approximate surface area is 92.5 Å². The molecule has 1 aromatic heterocycles. The van der Waals surface area contributed by atoms with Crippen LogP contribution in [0.15, 0.2) is 18.2 Å². The van der Waals surface area contributed by atoms with Crippen molar-refractivity contribution in [2.75, 3.05) is 16.1 Å². The average Bonchev–Trinajstić information content (AvgIpc) is 1.96. The molecule has 0 aromatic carbocycles. The Morgan fingerprint density at radius 2 is 1.94 bits per heavy atom. The minimum absolute atomic E-state index is 0.261. The number of sulfonamides is 1. The van der Waals surface area contributed by atoms with Crippen molar-refractivity contribution in [1.82, 2.24) is 4.98 Å². The van der Waals surface area contributed by atoms with Gasteiger partial charge >= 0.3 is 0 Å². The quantitative estimate of drug-likeness (QED) is 0.774. The molecule has 0 aliphatic rings. The summed E-state index contributed by atoms with van der Waals surface area (Å²) in [4.78, 5) is 3.24. The Hall–Kier alpha value is -1.22. The highest BCUT2D eigenvalue weighted by Gasteiger charge is 2.18. The third-order valence-electron chi connectivity index (χ3n) is 1.34. The lowest BCUT2D eigenvalue weighted by Crippen LogP contribution is -2.22. The number of sulfone groups is 1. The lowest BCUT2D eigenvalue weighted by atomic mass is 10.5. The Balaban J connectivity index is 2.90. The SMILES string of the molecule is CS(=O)(=O)CS(=O)(=O)Nc1cccc(F)n1. The second-order valence-electron chi connectivity index (χ2n) is 3.11. The highest BCUT2D eigenvalue weighted by atomic mass is 32.3. The fourth-order valence-corrected chi connectivity index (χ4v) is 3.86. The molecule has 0 atom stereocenters. The summed E-state index contributed by atoms with van der Waals surface area (Å²) in [6.07, 6.45) is 0.783. The van der Waals surface area contributed by atoms with Crippen molar-refractivity contribution in [3.05, 3.63) is 24.1 Å². The van der Waals surface area contributed by atoms with Crippen molar-refractivity contribution in [3.63, 3.8) is 0 Å². The maximum atomic E-state index is 12.6. The summed E-state index contributed by atoms with van der Waals surface area (Å²) in [5, 5.41) is -1.07. The molecule has 0 saturated carbocycles. The number of aromatic nitrogens is 1. The van der Waals surface area contributed by atoms with Gasteiger partial charge in [0.05, 0.1) is 0 Å². The van der Waals surface area contributed by atoms with Crippen molar-refractivity contribution < 1.29 is 21.2 Å². The predicted molar refractivity (Wildman–Crippen MR) is 56.4 cm³/mol. The number of nitrogens with zero attached hydrogens (tertiary/aromatic N) is 1. The maximum Gasteiger partial charge on any atom is 0.248 e. The van der Waals surface area contributed by atoms with E-state index in [1.807, 2.05) is 4.72 Å². The van der Waals surface area contributed by atoms with E-state index in [1.54, 1.807) is 0 Å². The van der Waals surface area contributed by atoms with Gasteiger partial charge in [-0.05, 0) is 12.1 Å². The molecule has 0 fully saturated rings. The number of hydrogen-bond acceptors (Lipinski definition) is 5. The van der Waals surface area contributed by atoms with E-state index in [2.05, 4.69) is 4.98 Å². The average molecular weight is 268 g/mol. The molecule has 0 saturated heterocycles. The standard InChI is InChI=1S/C7H9FN2O4S2/c1-15(11,12)5-16(13,14)10-7-4-2-3-6(8)9-7/h2-4H,5H2,1H3,(H,9,10). The Kier molecular flexibility index (Phi) is 3.48. The number of rotatable bonds is 4. The summed E-state index contributed by atoms with van der Waals surface area (Å²) in [5.41, 5.74) is 0. The highest BCUT2D eigenvalue weighted by molar-refractivity contribution is 8.08. The normalized spacial score (nSPS) is 12.4. The maximum absolute atomic E-state index is 12.6. The van der Waals surface area contributed by atoms with Crippen LogP contribution in [-0.4, -0.2) is 33.2 Å². The van der Waals surface area contributed by atoms with Crippen LogP contribution in [0.5, 0.6) is 0 Å². The zero-order valence-electron chi connectivity index (χ0n) is 8.21. The van der Waals surface area contributed by atoms with Gasteiger partial charge in [-0.2, -0.15) is 4.39 Å². The van der Waals surface area contributed by atoms with Crippen molar-refractivity contribution in [3.8, 4) is 0 Å². The van der Waals surface area contributed by atoms with Crippen LogP contribution in [0.3, 0.4) is 0 Å². The van der Waals surface area contributed by atoms with E-state index >= 15 is 0 Å². The van der Waals surface area contributed by atoms with E-state index in [4.69, 9.17) is 0 Å². The molecule has 0 radical (unpaired) electrons. The molecule has 1 rings (SSSR count). The Morgan fingerprint density at radius 3 is 2.44 bits per heavy atom. The van der Waals surface area contributed by atoms with Crippen LogP contribution >= 0.6 is 0 Å². The van der Waals surface area contributed by atoms with E-state index in [9.17, 15) is 21.2 Å². The number of nitrogens with one attached hydrogen (secondary N) is 1. The molecule has 0 unspecified atom stereocenters.